The molecular weight excluding hydrogens is 621 g/mol. The van der Waals surface area contributed by atoms with Crippen molar-refractivity contribution in [3.05, 3.63) is 204 Å². The van der Waals surface area contributed by atoms with Gasteiger partial charge in [-0.3, -0.25) is 10.4 Å². The Morgan fingerprint density at radius 3 is 1.88 bits per heavy atom. The molecule has 0 unspecified atom stereocenters. The number of aromatic nitrogens is 2. The summed E-state index contributed by atoms with van der Waals surface area (Å²) in [6.07, 6.45) is 4.05. The molecule has 2 aromatic heterocycles. The van der Waals surface area contributed by atoms with Crippen LogP contribution in [-0.4, -0.2) is 15.7 Å². The Bertz CT molecular complexity index is 2640. The van der Waals surface area contributed by atoms with Gasteiger partial charge in [0.05, 0.1) is 28.1 Å². The van der Waals surface area contributed by atoms with Crippen LogP contribution in [0.2, 0.25) is 0 Å². The SMILES string of the molecule is N=C(/C(=C1\NC(c2ccccc2)=Cc2cc(-c3ccc(-c4ccc5ccc6cccnc6c5n4)cc3)ccc21)c1ccccc1)c1ccccc1. The number of hydrogen-bond donors (Lipinski definition) is 2. The second-order valence-electron chi connectivity index (χ2n) is 12.7. The van der Waals surface area contributed by atoms with E-state index in [1.165, 1.54) is 0 Å². The van der Waals surface area contributed by atoms with Crippen molar-refractivity contribution < 1.29 is 0 Å². The van der Waals surface area contributed by atoms with Crippen LogP contribution in [0.3, 0.4) is 0 Å². The molecule has 0 radical (unpaired) electrons. The molecule has 0 amide bonds. The Kier molecular flexibility index (Phi) is 7.60. The zero-order chi connectivity index (χ0) is 34.1. The molecule has 0 bridgehead atoms. The van der Waals surface area contributed by atoms with Gasteiger partial charge >= 0.3 is 0 Å². The van der Waals surface area contributed by atoms with E-state index in [1.54, 1.807) is 0 Å². The van der Waals surface area contributed by atoms with Crippen molar-refractivity contribution >= 4 is 50.6 Å². The quantitative estimate of drug-likeness (QED) is 0.139. The van der Waals surface area contributed by atoms with E-state index in [0.717, 1.165) is 89.0 Å². The number of nitrogens with zero attached hydrogens (tertiary/aromatic N) is 2. The second-order valence-corrected chi connectivity index (χ2v) is 12.7. The minimum Gasteiger partial charge on any atom is -0.354 e. The zero-order valence-electron chi connectivity index (χ0n) is 27.7. The molecule has 0 fully saturated rings. The van der Waals surface area contributed by atoms with Crippen LogP contribution >= 0.6 is 0 Å². The fourth-order valence-electron chi connectivity index (χ4n) is 6.94. The van der Waals surface area contributed by atoms with Gasteiger partial charge in [-0.05, 0) is 52.1 Å². The topological polar surface area (TPSA) is 61.7 Å². The first-order valence-electron chi connectivity index (χ1n) is 17.1. The number of rotatable bonds is 6. The lowest BCUT2D eigenvalue weighted by atomic mass is 9.87. The summed E-state index contributed by atoms with van der Waals surface area (Å²) in [5.41, 5.74) is 14.3. The monoisotopic (exact) mass is 652 g/mol. The summed E-state index contributed by atoms with van der Waals surface area (Å²) in [6, 6.07) is 58.3. The van der Waals surface area contributed by atoms with Crippen LogP contribution in [0, 0.1) is 5.41 Å². The Morgan fingerprint density at radius 1 is 0.510 bits per heavy atom. The smallest absolute Gasteiger partial charge is 0.0972 e. The van der Waals surface area contributed by atoms with Crippen molar-refractivity contribution in [2.75, 3.05) is 0 Å². The maximum absolute atomic E-state index is 9.50. The van der Waals surface area contributed by atoms with Crippen molar-refractivity contribution in [2.45, 2.75) is 0 Å². The average molecular weight is 653 g/mol. The molecule has 0 saturated carbocycles. The van der Waals surface area contributed by atoms with Crippen LogP contribution in [-0.2, 0) is 0 Å². The molecule has 0 aliphatic carbocycles. The van der Waals surface area contributed by atoms with Crippen LogP contribution < -0.4 is 5.32 Å². The maximum Gasteiger partial charge on any atom is 0.0972 e. The fraction of sp³-hybridized carbons (Fsp3) is 0. The number of allylic oxidation sites excluding steroid dienone is 1. The Morgan fingerprint density at radius 2 is 1.14 bits per heavy atom. The van der Waals surface area contributed by atoms with Crippen LogP contribution in [0.4, 0.5) is 0 Å². The molecule has 9 rings (SSSR count). The highest BCUT2D eigenvalue weighted by molar-refractivity contribution is 6.36. The summed E-state index contributed by atoms with van der Waals surface area (Å²) < 4.78 is 0. The Labute approximate surface area is 296 Å². The lowest BCUT2D eigenvalue weighted by Crippen LogP contribution is -2.20. The minimum absolute atomic E-state index is 0.468. The van der Waals surface area contributed by atoms with Crippen LogP contribution in [0.5, 0.6) is 0 Å². The Hall–Kier alpha value is -6.91. The van der Waals surface area contributed by atoms with Gasteiger partial charge in [0.1, 0.15) is 0 Å². The molecular formula is C47H32N4. The number of benzene rings is 6. The molecule has 240 valence electrons. The zero-order valence-corrected chi connectivity index (χ0v) is 27.7. The van der Waals surface area contributed by atoms with Crippen LogP contribution in [0.15, 0.2) is 176 Å². The Balaban J connectivity index is 1.15. The number of pyridine rings is 2. The van der Waals surface area contributed by atoms with Gasteiger partial charge in [-0.25, -0.2) is 4.98 Å². The van der Waals surface area contributed by atoms with E-state index < -0.39 is 0 Å². The standard InChI is InChI=1S/C47H32N4/c48-44(35-15-8-3-9-16-35)43(34-13-6-2-7-14-34)47-40-26-24-38(29-39(40)30-42(51-47)32-11-4-1-5-12-32)31-18-20-33(21-19-31)41-27-25-37-23-22-36-17-10-28-49-45(36)46(37)50-41/h1-30,48,51H/b47-43-,48-44?. The van der Waals surface area contributed by atoms with E-state index >= 15 is 0 Å². The van der Waals surface area contributed by atoms with Crippen molar-refractivity contribution in [1.29, 1.82) is 5.41 Å². The lowest BCUT2D eigenvalue weighted by molar-refractivity contribution is 1.22. The molecule has 0 saturated heterocycles. The first-order valence-corrected chi connectivity index (χ1v) is 17.1. The number of nitrogens with one attached hydrogen (secondary N) is 2. The van der Waals surface area contributed by atoms with Gasteiger partial charge in [0.25, 0.3) is 0 Å². The van der Waals surface area contributed by atoms with Gasteiger partial charge < -0.3 is 5.32 Å². The van der Waals surface area contributed by atoms with Gasteiger partial charge in [0.2, 0.25) is 0 Å². The summed E-state index contributed by atoms with van der Waals surface area (Å²) >= 11 is 0. The molecule has 2 N–H and O–H groups in total. The van der Waals surface area contributed by atoms with E-state index in [4.69, 9.17) is 4.98 Å². The normalized spacial score (nSPS) is 13.3. The predicted molar refractivity (Wildman–Crippen MR) is 212 cm³/mol. The van der Waals surface area contributed by atoms with E-state index in [9.17, 15) is 5.41 Å². The first kappa shape index (κ1) is 30.2. The van der Waals surface area contributed by atoms with Crippen molar-refractivity contribution in [2.24, 2.45) is 0 Å². The third kappa shape index (κ3) is 5.69. The lowest BCUT2D eigenvalue weighted by Gasteiger charge is -2.26. The molecule has 0 atom stereocenters. The largest absolute Gasteiger partial charge is 0.354 e. The molecule has 4 nitrogen and oxygen atoms in total. The third-order valence-corrected chi connectivity index (χ3v) is 9.54. The fourth-order valence-corrected chi connectivity index (χ4v) is 6.94. The molecule has 6 aromatic carbocycles. The van der Waals surface area contributed by atoms with Crippen molar-refractivity contribution in [3.63, 3.8) is 0 Å². The second kappa shape index (κ2) is 12.8. The van der Waals surface area contributed by atoms with Crippen LogP contribution in [0.1, 0.15) is 27.8 Å². The van der Waals surface area contributed by atoms with Gasteiger partial charge in [-0.1, -0.05) is 152 Å². The molecule has 1 aliphatic heterocycles. The summed E-state index contributed by atoms with van der Waals surface area (Å²) in [7, 11) is 0. The van der Waals surface area contributed by atoms with E-state index in [1.807, 2.05) is 66.9 Å². The highest BCUT2D eigenvalue weighted by Crippen LogP contribution is 2.38. The van der Waals surface area contributed by atoms with Crippen molar-refractivity contribution in [1.82, 2.24) is 15.3 Å². The summed E-state index contributed by atoms with van der Waals surface area (Å²) in [5, 5.41) is 15.4. The maximum atomic E-state index is 9.50. The summed E-state index contributed by atoms with van der Waals surface area (Å²) in [5.74, 6) is 0. The number of hydrogen-bond acceptors (Lipinski definition) is 4. The molecule has 3 heterocycles. The van der Waals surface area contributed by atoms with Crippen LogP contribution in [0.25, 0.3) is 67.2 Å². The van der Waals surface area contributed by atoms with Gasteiger partial charge in [-0.2, -0.15) is 0 Å². The summed E-state index contributed by atoms with van der Waals surface area (Å²) in [4.78, 5) is 9.69. The molecule has 0 spiro atoms. The van der Waals surface area contributed by atoms with Gasteiger partial charge in [0, 0.05) is 44.9 Å². The van der Waals surface area contributed by atoms with Gasteiger partial charge in [-0.15, -0.1) is 0 Å². The van der Waals surface area contributed by atoms with Crippen molar-refractivity contribution in [3.8, 4) is 22.4 Å². The highest BCUT2D eigenvalue weighted by atomic mass is 14.9. The molecule has 1 aliphatic rings. The number of fused-ring (bicyclic) bond motifs is 4. The molecule has 8 aromatic rings. The third-order valence-electron chi connectivity index (χ3n) is 9.54. The predicted octanol–water partition coefficient (Wildman–Crippen LogP) is 11.2. The van der Waals surface area contributed by atoms with E-state index in [0.29, 0.717) is 5.71 Å². The highest BCUT2D eigenvalue weighted by Gasteiger charge is 2.24. The minimum atomic E-state index is 0.468. The molecule has 51 heavy (non-hydrogen) atoms. The average Bonchev–Trinajstić information content (AvgIpc) is 3.21. The van der Waals surface area contributed by atoms with E-state index in [2.05, 4.69) is 126 Å². The summed E-state index contributed by atoms with van der Waals surface area (Å²) in [6.45, 7) is 0. The molecule has 4 heteroatoms. The van der Waals surface area contributed by atoms with E-state index in [-0.39, 0.29) is 0 Å². The first-order chi connectivity index (χ1) is 25.2. The van der Waals surface area contributed by atoms with Gasteiger partial charge in [0.15, 0.2) is 0 Å².